The van der Waals surface area contributed by atoms with E-state index < -0.39 is 17.7 Å². The third kappa shape index (κ3) is 3.53. The van der Waals surface area contributed by atoms with E-state index >= 15 is 0 Å². The Morgan fingerprint density at radius 2 is 1.97 bits per heavy atom. The van der Waals surface area contributed by atoms with Gasteiger partial charge in [0.2, 0.25) is 0 Å². The molecule has 1 aliphatic carbocycles. The molecule has 8 heteroatoms. The van der Waals surface area contributed by atoms with Crippen molar-refractivity contribution in [3.05, 3.63) is 73.9 Å². The lowest BCUT2D eigenvalue weighted by molar-refractivity contribution is -0.137. The lowest BCUT2D eigenvalue weighted by atomic mass is 9.75. The van der Waals surface area contributed by atoms with Crippen LogP contribution in [0.15, 0.2) is 53.0 Å². The van der Waals surface area contributed by atoms with Gasteiger partial charge in [-0.2, -0.15) is 18.4 Å². The van der Waals surface area contributed by atoms with Gasteiger partial charge >= 0.3 is 6.18 Å². The van der Waals surface area contributed by atoms with Gasteiger partial charge in [0, 0.05) is 33.1 Å². The monoisotopic (exact) mass is 443 g/mol. The Hall–Kier alpha value is -3.05. The maximum Gasteiger partial charge on any atom is 0.416 e. The van der Waals surface area contributed by atoms with Gasteiger partial charge in [-0.1, -0.05) is 6.07 Å². The van der Waals surface area contributed by atoms with Crippen molar-refractivity contribution in [1.29, 1.82) is 5.26 Å². The van der Waals surface area contributed by atoms with Crippen LogP contribution in [0.4, 0.5) is 18.9 Å². The largest absolute Gasteiger partial charge is 0.416 e. The molecule has 2 aromatic rings. The van der Waals surface area contributed by atoms with Gasteiger partial charge in [0.25, 0.3) is 0 Å². The SMILES string of the molecule is Cc1cc([C@H]2C(C#N)=C(N)N(c3cccc(C(F)(F)F)c3)C3=C2C(=O)CCC3)c(C)s1. The average molecular weight is 443 g/mol. The standard InChI is InChI=1S/C23H20F3N3OS/c1-12-9-16(13(2)31-12)20-17(11-27)22(28)29(18-7-4-8-19(30)21(18)20)15-6-3-5-14(10-15)23(24,25)26/h3,5-6,9-10,20H,4,7-8,28H2,1-2H3/t20-/m0/s1. The molecule has 0 spiro atoms. The second kappa shape index (κ2) is 7.57. The Kier molecular flexibility index (Phi) is 5.18. The predicted octanol–water partition coefficient (Wildman–Crippen LogP) is 5.69. The molecule has 2 heterocycles. The Balaban J connectivity index is 1.97. The molecule has 0 saturated heterocycles. The number of aryl methyl sites for hydroxylation is 2. The lowest BCUT2D eigenvalue weighted by Gasteiger charge is -2.39. The summed E-state index contributed by atoms with van der Waals surface area (Å²) in [7, 11) is 0. The number of ketones is 1. The molecule has 160 valence electrons. The third-order valence-electron chi connectivity index (χ3n) is 5.74. The number of rotatable bonds is 2. The van der Waals surface area contributed by atoms with E-state index in [1.807, 2.05) is 19.9 Å². The topological polar surface area (TPSA) is 70.1 Å². The second-order valence-electron chi connectivity index (χ2n) is 7.73. The Labute approximate surface area is 182 Å². The van der Waals surface area contributed by atoms with Crippen LogP contribution in [0.1, 0.15) is 46.1 Å². The third-order valence-corrected chi connectivity index (χ3v) is 6.72. The number of Topliss-reactive ketones (excluding diaryl/α,β-unsaturated/α-hetero) is 1. The minimum Gasteiger partial charge on any atom is -0.384 e. The van der Waals surface area contributed by atoms with Gasteiger partial charge in [0.1, 0.15) is 5.82 Å². The highest BCUT2D eigenvalue weighted by Crippen LogP contribution is 2.48. The first-order valence-corrected chi connectivity index (χ1v) is 10.7. The molecule has 4 nitrogen and oxygen atoms in total. The first-order chi connectivity index (χ1) is 14.6. The number of carbonyl (C=O) groups excluding carboxylic acids is 1. The van der Waals surface area contributed by atoms with Crippen LogP contribution in [0.3, 0.4) is 0 Å². The van der Waals surface area contributed by atoms with Gasteiger partial charge in [-0.15, -0.1) is 11.3 Å². The maximum absolute atomic E-state index is 13.3. The molecule has 4 rings (SSSR count). The number of nitrogens with two attached hydrogens (primary N) is 1. The molecule has 0 saturated carbocycles. The van der Waals surface area contributed by atoms with Gasteiger partial charge in [0.15, 0.2) is 5.78 Å². The molecule has 1 aliphatic heterocycles. The average Bonchev–Trinajstić information content (AvgIpc) is 3.04. The number of benzene rings is 1. The summed E-state index contributed by atoms with van der Waals surface area (Å²) in [6.07, 6.45) is -3.10. The number of anilines is 1. The van der Waals surface area contributed by atoms with E-state index in [9.17, 15) is 23.2 Å². The normalized spacial score (nSPS) is 19.5. The molecule has 31 heavy (non-hydrogen) atoms. The number of allylic oxidation sites excluding steroid dienone is 3. The van der Waals surface area contributed by atoms with Crippen molar-refractivity contribution in [3.8, 4) is 6.07 Å². The molecule has 0 unspecified atom stereocenters. The van der Waals surface area contributed by atoms with Crippen molar-refractivity contribution in [3.63, 3.8) is 0 Å². The van der Waals surface area contributed by atoms with E-state index in [2.05, 4.69) is 6.07 Å². The van der Waals surface area contributed by atoms with Crippen LogP contribution in [0.2, 0.25) is 0 Å². The van der Waals surface area contributed by atoms with E-state index in [1.165, 1.54) is 17.0 Å². The van der Waals surface area contributed by atoms with Gasteiger partial charge in [-0.05, 0) is 56.5 Å². The number of hydrogen-bond acceptors (Lipinski definition) is 5. The van der Waals surface area contributed by atoms with E-state index in [-0.39, 0.29) is 22.9 Å². The number of halogens is 3. The molecular formula is C23H20F3N3OS. The predicted molar refractivity (Wildman–Crippen MR) is 113 cm³/mol. The molecule has 2 N–H and O–H groups in total. The fourth-order valence-electron chi connectivity index (χ4n) is 4.45. The van der Waals surface area contributed by atoms with Crippen LogP contribution < -0.4 is 10.6 Å². The quantitative estimate of drug-likeness (QED) is 0.648. The minimum absolute atomic E-state index is 0.0727. The highest BCUT2D eigenvalue weighted by molar-refractivity contribution is 7.12. The fourth-order valence-corrected chi connectivity index (χ4v) is 5.41. The van der Waals surface area contributed by atoms with Gasteiger partial charge in [-0.25, -0.2) is 0 Å². The van der Waals surface area contributed by atoms with Crippen molar-refractivity contribution in [2.24, 2.45) is 5.73 Å². The van der Waals surface area contributed by atoms with Crippen molar-refractivity contribution < 1.29 is 18.0 Å². The summed E-state index contributed by atoms with van der Waals surface area (Å²) in [5, 5.41) is 9.99. The molecule has 1 aromatic carbocycles. The van der Waals surface area contributed by atoms with Crippen molar-refractivity contribution in [2.75, 3.05) is 4.90 Å². The number of thiophene rings is 1. The Morgan fingerprint density at radius 3 is 2.58 bits per heavy atom. The van der Waals surface area contributed by atoms with Gasteiger partial charge in [-0.3, -0.25) is 9.69 Å². The second-order valence-corrected chi connectivity index (χ2v) is 9.19. The summed E-state index contributed by atoms with van der Waals surface area (Å²) < 4.78 is 40.0. The smallest absolute Gasteiger partial charge is 0.384 e. The first kappa shape index (κ1) is 21.2. The van der Waals surface area contributed by atoms with Gasteiger partial charge < -0.3 is 5.73 Å². The number of carbonyl (C=O) groups is 1. The number of nitrogens with zero attached hydrogens (tertiary/aromatic N) is 2. The minimum atomic E-state index is -4.52. The number of nitriles is 1. The van der Waals surface area contributed by atoms with E-state index in [1.54, 1.807) is 11.3 Å². The van der Waals surface area contributed by atoms with Crippen molar-refractivity contribution in [2.45, 2.75) is 45.2 Å². The zero-order valence-corrected chi connectivity index (χ0v) is 17.8. The molecule has 0 fully saturated rings. The highest BCUT2D eigenvalue weighted by atomic mass is 32.1. The molecule has 1 atom stereocenters. The zero-order chi connectivity index (χ0) is 22.5. The highest BCUT2D eigenvalue weighted by Gasteiger charge is 2.41. The molecule has 0 radical (unpaired) electrons. The van der Waals surface area contributed by atoms with Crippen LogP contribution in [-0.2, 0) is 11.0 Å². The van der Waals surface area contributed by atoms with Crippen LogP contribution in [0.25, 0.3) is 0 Å². The molecule has 0 bridgehead atoms. The van der Waals surface area contributed by atoms with E-state index in [0.717, 1.165) is 27.5 Å². The maximum atomic E-state index is 13.3. The summed E-state index contributed by atoms with van der Waals surface area (Å²) in [5.74, 6) is -0.616. The lowest BCUT2D eigenvalue weighted by Crippen LogP contribution is -2.38. The van der Waals surface area contributed by atoms with Crippen LogP contribution >= 0.6 is 11.3 Å². The summed E-state index contributed by atoms with van der Waals surface area (Å²) >= 11 is 1.57. The summed E-state index contributed by atoms with van der Waals surface area (Å²) in [6.45, 7) is 3.89. The summed E-state index contributed by atoms with van der Waals surface area (Å²) in [4.78, 5) is 16.6. The first-order valence-electron chi connectivity index (χ1n) is 9.83. The molecule has 0 amide bonds. The fraction of sp³-hybridized carbons (Fsp3) is 0.304. The van der Waals surface area contributed by atoms with Crippen LogP contribution in [-0.4, -0.2) is 5.78 Å². The van der Waals surface area contributed by atoms with Crippen molar-refractivity contribution in [1.82, 2.24) is 0 Å². The Bertz CT molecular complexity index is 1180. The molecule has 1 aromatic heterocycles. The number of alkyl halides is 3. The van der Waals surface area contributed by atoms with Crippen molar-refractivity contribution >= 4 is 22.8 Å². The van der Waals surface area contributed by atoms with E-state index in [0.29, 0.717) is 30.5 Å². The van der Waals surface area contributed by atoms with Crippen LogP contribution in [0, 0.1) is 25.2 Å². The van der Waals surface area contributed by atoms with Crippen LogP contribution in [0.5, 0.6) is 0 Å². The zero-order valence-electron chi connectivity index (χ0n) is 17.0. The van der Waals surface area contributed by atoms with Gasteiger partial charge in [0.05, 0.1) is 23.1 Å². The Morgan fingerprint density at radius 1 is 1.23 bits per heavy atom. The van der Waals surface area contributed by atoms with E-state index in [4.69, 9.17) is 5.73 Å². The summed E-state index contributed by atoms with van der Waals surface area (Å²) in [5.41, 5.74) is 7.90. The summed E-state index contributed by atoms with van der Waals surface area (Å²) in [6, 6.07) is 8.92. The number of hydrogen-bond donors (Lipinski definition) is 1. The molecule has 2 aliphatic rings. The molecular weight excluding hydrogens is 423 g/mol.